The van der Waals surface area contributed by atoms with Crippen LogP contribution in [0.1, 0.15) is 12.5 Å². The maximum atomic E-state index is 12.9. The van der Waals surface area contributed by atoms with E-state index in [-0.39, 0.29) is 6.04 Å². The van der Waals surface area contributed by atoms with Crippen LogP contribution in [0.25, 0.3) is 11.3 Å². The second-order valence-electron chi connectivity index (χ2n) is 6.19. The van der Waals surface area contributed by atoms with Crippen molar-refractivity contribution in [1.82, 2.24) is 19.3 Å². The number of hydrogen-bond acceptors (Lipinski definition) is 4. The smallest absolute Gasteiger partial charge is 0.244 e. The van der Waals surface area contributed by atoms with E-state index in [2.05, 4.69) is 26.2 Å². The van der Waals surface area contributed by atoms with Crippen molar-refractivity contribution >= 4 is 26.0 Å². The van der Waals surface area contributed by atoms with Crippen LogP contribution in [-0.2, 0) is 10.0 Å². The first-order chi connectivity index (χ1) is 12.6. The average Bonchev–Trinajstić information content (AvgIpc) is 3.32. The summed E-state index contributed by atoms with van der Waals surface area (Å²) in [5, 5.41) is 8.45. The van der Waals surface area contributed by atoms with Crippen LogP contribution in [-0.4, -0.2) is 40.8 Å². The Balaban J connectivity index is 1.54. The van der Waals surface area contributed by atoms with E-state index in [4.69, 9.17) is 0 Å². The third-order valence-corrected chi connectivity index (χ3v) is 7.41. The third-order valence-electron chi connectivity index (χ3n) is 4.53. The van der Waals surface area contributed by atoms with Gasteiger partial charge in [0, 0.05) is 23.1 Å². The molecule has 0 saturated carbocycles. The summed E-state index contributed by atoms with van der Waals surface area (Å²) < 4.78 is 29.7. The van der Waals surface area contributed by atoms with Crippen molar-refractivity contribution in [2.45, 2.75) is 17.4 Å². The van der Waals surface area contributed by atoms with Gasteiger partial charge >= 0.3 is 0 Å². The van der Waals surface area contributed by atoms with Gasteiger partial charge in [0.05, 0.1) is 17.1 Å². The highest BCUT2D eigenvalue weighted by atomic mass is 79.9. The van der Waals surface area contributed by atoms with Gasteiger partial charge in [0.25, 0.3) is 0 Å². The van der Waals surface area contributed by atoms with Crippen molar-refractivity contribution in [1.29, 1.82) is 0 Å². The predicted molar refractivity (Wildman–Crippen MR) is 102 cm³/mol. The molecule has 1 atom stereocenters. The van der Waals surface area contributed by atoms with Crippen LogP contribution in [0.4, 0.5) is 0 Å². The molecule has 1 aromatic heterocycles. The summed E-state index contributed by atoms with van der Waals surface area (Å²) in [5.74, 6) is 0. The SMILES string of the molecule is O=S(=O)(c1ccccc1Br)N1CC[C@H](n2cc(-c3ccccc3)nn2)C1. The van der Waals surface area contributed by atoms with E-state index in [1.165, 1.54) is 4.31 Å². The van der Waals surface area contributed by atoms with E-state index >= 15 is 0 Å². The zero-order valence-electron chi connectivity index (χ0n) is 13.9. The largest absolute Gasteiger partial charge is 0.247 e. The fourth-order valence-corrected chi connectivity index (χ4v) is 5.59. The summed E-state index contributed by atoms with van der Waals surface area (Å²) in [6, 6.07) is 16.7. The van der Waals surface area contributed by atoms with Crippen LogP contribution in [0, 0.1) is 0 Å². The second-order valence-corrected chi connectivity index (χ2v) is 8.95. The van der Waals surface area contributed by atoms with Crippen LogP contribution >= 0.6 is 15.9 Å². The number of nitrogens with zero attached hydrogens (tertiary/aromatic N) is 4. The van der Waals surface area contributed by atoms with Crippen LogP contribution < -0.4 is 0 Å². The Labute approximate surface area is 160 Å². The molecule has 2 heterocycles. The fraction of sp³-hybridized carbons (Fsp3) is 0.222. The van der Waals surface area contributed by atoms with E-state index in [1.807, 2.05) is 36.5 Å². The van der Waals surface area contributed by atoms with Crippen LogP contribution in [0.2, 0.25) is 0 Å². The first-order valence-corrected chi connectivity index (χ1v) is 10.5. The molecule has 8 heteroatoms. The van der Waals surface area contributed by atoms with Gasteiger partial charge in [-0.15, -0.1) is 5.10 Å². The van der Waals surface area contributed by atoms with E-state index < -0.39 is 10.0 Å². The topological polar surface area (TPSA) is 68.1 Å². The first-order valence-electron chi connectivity index (χ1n) is 8.27. The molecule has 3 aromatic rings. The minimum atomic E-state index is -3.53. The average molecular weight is 433 g/mol. The molecule has 0 spiro atoms. The van der Waals surface area contributed by atoms with E-state index in [9.17, 15) is 8.42 Å². The molecule has 134 valence electrons. The van der Waals surface area contributed by atoms with Crippen LogP contribution in [0.3, 0.4) is 0 Å². The highest BCUT2D eigenvalue weighted by Crippen LogP contribution is 2.30. The highest BCUT2D eigenvalue weighted by molar-refractivity contribution is 9.10. The molecule has 6 nitrogen and oxygen atoms in total. The maximum absolute atomic E-state index is 12.9. The molecule has 0 aliphatic carbocycles. The van der Waals surface area contributed by atoms with Gasteiger partial charge in [0.15, 0.2) is 0 Å². The summed E-state index contributed by atoms with van der Waals surface area (Å²) in [6.07, 6.45) is 2.59. The Morgan fingerprint density at radius 2 is 1.77 bits per heavy atom. The fourth-order valence-electron chi connectivity index (χ4n) is 3.13. The van der Waals surface area contributed by atoms with Crippen molar-refractivity contribution < 1.29 is 8.42 Å². The van der Waals surface area contributed by atoms with Gasteiger partial charge in [-0.3, -0.25) is 0 Å². The minimum Gasteiger partial charge on any atom is -0.247 e. The van der Waals surface area contributed by atoms with E-state index in [0.29, 0.717) is 28.9 Å². The minimum absolute atomic E-state index is 0.0165. The molecule has 1 saturated heterocycles. The Kier molecular flexibility index (Phi) is 4.64. The van der Waals surface area contributed by atoms with Crippen molar-refractivity contribution in [3.8, 4) is 11.3 Å². The number of halogens is 1. The van der Waals surface area contributed by atoms with Gasteiger partial charge in [-0.25, -0.2) is 13.1 Å². The normalized spacial score (nSPS) is 18.3. The standard InChI is InChI=1S/C18H17BrN4O2S/c19-16-8-4-5-9-18(16)26(24,25)22-11-10-15(12-22)23-13-17(20-21-23)14-6-2-1-3-7-14/h1-9,13,15H,10-12H2/t15-/m0/s1. The van der Waals surface area contributed by atoms with Gasteiger partial charge in [0.1, 0.15) is 5.69 Å². The molecular formula is C18H17BrN4O2S. The Morgan fingerprint density at radius 3 is 2.54 bits per heavy atom. The molecule has 0 unspecified atom stereocenters. The molecule has 1 aliphatic heterocycles. The van der Waals surface area contributed by atoms with Crippen LogP contribution in [0.15, 0.2) is 70.2 Å². The molecule has 26 heavy (non-hydrogen) atoms. The maximum Gasteiger partial charge on any atom is 0.244 e. The number of aromatic nitrogens is 3. The lowest BCUT2D eigenvalue weighted by molar-refractivity contribution is 0.428. The summed E-state index contributed by atoms with van der Waals surface area (Å²) >= 11 is 3.34. The lowest BCUT2D eigenvalue weighted by atomic mass is 10.2. The van der Waals surface area contributed by atoms with Crippen molar-refractivity contribution in [2.75, 3.05) is 13.1 Å². The van der Waals surface area contributed by atoms with Crippen LogP contribution in [0.5, 0.6) is 0 Å². The molecule has 0 N–H and O–H groups in total. The van der Waals surface area contributed by atoms with Crippen molar-refractivity contribution in [3.63, 3.8) is 0 Å². The zero-order valence-corrected chi connectivity index (χ0v) is 16.3. The number of hydrogen-bond donors (Lipinski definition) is 0. The second kappa shape index (κ2) is 6.94. The summed E-state index contributed by atoms with van der Waals surface area (Å²) in [4.78, 5) is 0.296. The number of rotatable bonds is 4. The van der Waals surface area contributed by atoms with E-state index in [0.717, 1.165) is 11.3 Å². The summed E-state index contributed by atoms with van der Waals surface area (Å²) in [7, 11) is -3.53. The Morgan fingerprint density at radius 1 is 1.04 bits per heavy atom. The zero-order chi connectivity index (χ0) is 18.1. The lowest BCUT2D eigenvalue weighted by Gasteiger charge is -2.17. The first kappa shape index (κ1) is 17.4. The molecule has 4 rings (SSSR count). The quantitative estimate of drug-likeness (QED) is 0.633. The summed E-state index contributed by atoms with van der Waals surface area (Å²) in [6.45, 7) is 0.857. The summed E-state index contributed by atoms with van der Waals surface area (Å²) in [5.41, 5.74) is 1.78. The molecule has 0 radical (unpaired) electrons. The Bertz CT molecular complexity index is 1020. The van der Waals surface area contributed by atoms with Gasteiger partial charge in [-0.05, 0) is 34.5 Å². The number of sulfonamides is 1. The van der Waals surface area contributed by atoms with Crippen molar-refractivity contribution in [2.24, 2.45) is 0 Å². The lowest BCUT2D eigenvalue weighted by Crippen LogP contribution is -2.29. The van der Waals surface area contributed by atoms with Crippen molar-refractivity contribution in [3.05, 3.63) is 65.3 Å². The molecule has 0 bridgehead atoms. The van der Waals surface area contributed by atoms with E-state index in [1.54, 1.807) is 28.9 Å². The number of benzene rings is 2. The van der Waals surface area contributed by atoms with Gasteiger partial charge in [-0.1, -0.05) is 47.7 Å². The molecule has 1 aliphatic rings. The Hall–Kier alpha value is -2.03. The molecular weight excluding hydrogens is 416 g/mol. The van der Waals surface area contributed by atoms with Gasteiger partial charge < -0.3 is 0 Å². The van der Waals surface area contributed by atoms with Gasteiger partial charge in [-0.2, -0.15) is 4.31 Å². The predicted octanol–water partition coefficient (Wildman–Crippen LogP) is 3.34. The molecule has 2 aromatic carbocycles. The highest BCUT2D eigenvalue weighted by Gasteiger charge is 2.34. The molecule has 1 fully saturated rings. The van der Waals surface area contributed by atoms with Gasteiger partial charge in [0.2, 0.25) is 10.0 Å². The monoisotopic (exact) mass is 432 g/mol. The third kappa shape index (κ3) is 3.20. The molecule has 0 amide bonds.